The van der Waals surface area contributed by atoms with Crippen LogP contribution in [0.2, 0.25) is 0 Å². The molecule has 0 radical (unpaired) electrons. The smallest absolute Gasteiger partial charge is 0.120 e. The van der Waals surface area contributed by atoms with Crippen molar-refractivity contribution in [3.05, 3.63) is 29.5 Å². The Balaban J connectivity index is 2.13. The van der Waals surface area contributed by atoms with Crippen LogP contribution in [0.25, 0.3) is 10.9 Å². The monoisotopic (exact) mass is 257 g/mol. The van der Waals surface area contributed by atoms with Gasteiger partial charge in [0.2, 0.25) is 0 Å². The first-order valence-corrected chi connectivity index (χ1v) is 6.88. The second-order valence-electron chi connectivity index (χ2n) is 4.94. The van der Waals surface area contributed by atoms with Gasteiger partial charge >= 0.3 is 0 Å². The van der Waals surface area contributed by atoms with Crippen molar-refractivity contribution in [1.82, 2.24) is 4.98 Å². The zero-order valence-electron chi connectivity index (χ0n) is 11.2. The van der Waals surface area contributed by atoms with E-state index in [1.165, 1.54) is 11.3 Å². The van der Waals surface area contributed by atoms with Crippen LogP contribution < -0.4 is 16.0 Å². The van der Waals surface area contributed by atoms with Gasteiger partial charge in [-0.3, -0.25) is 10.8 Å². The van der Waals surface area contributed by atoms with Gasteiger partial charge in [0.15, 0.2) is 0 Å². The van der Waals surface area contributed by atoms with Crippen molar-refractivity contribution < 1.29 is 4.74 Å². The summed E-state index contributed by atoms with van der Waals surface area (Å²) in [5.74, 6) is 6.60. The fourth-order valence-electron chi connectivity index (χ4n) is 2.72. The highest BCUT2D eigenvalue weighted by molar-refractivity contribution is 5.94. The van der Waals surface area contributed by atoms with Gasteiger partial charge < -0.3 is 10.2 Å². The molecule has 1 heterocycles. The third kappa shape index (κ3) is 2.12. The summed E-state index contributed by atoms with van der Waals surface area (Å²) in [7, 11) is 0. The zero-order chi connectivity index (χ0) is 13.2. The summed E-state index contributed by atoms with van der Waals surface area (Å²) in [4.78, 5) is 4.73. The summed E-state index contributed by atoms with van der Waals surface area (Å²) in [6, 6.07) is 6.03. The Morgan fingerprint density at radius 2 is 2.26 bits per heavy atom. The number of nitrogens with two attached hydrogens (primary N) is 1. The summed E-state index contributed by atoms with van der Waals surface area (Å²) < 4.78 is 5.69. The van der Waals surface area contributed by atoms with Crippen molar-refractivity contribution in [3.8, 4) is 5.75 Å². The van der Waals surface area contributed by atoms with E-state index in [1.54, 1.807) is 0 Å². The van der Waals surface area contributed by atoms with E-state index >= 15 is 0 Å². The minimum atomic E-state index is 0.731. The number of fused-ring (bicyclic) bond motifs is 2. The maximum atomic E-state index is 5.72. The summed E-state index contributed by atoms with van der Waals surface area (Å²) >= 11 is 0. The molecule has 0 saturated heterocycles. The Morgan fingerprint density at radius 3 is 3.05 bits per heavy atom. The molecule has 1 aliphatic carbocycles. The molecule has 1 aliphatic rings. The van der Waals surface area contributed by atoms with Gasteiger partial charge in [-0.2, -0.15) is 0 Å². The van der Waals surface area contributed by atoms with Crippen molar-refractivity contribution in [2.75, 3.05) is 12.0 Å². The molecule has 0 atom stereocenters. The highest BCUT2D eigenvalue weighted by Gasteiger charge is 2.19. The van der Waals surface area contributed by atoms with Gasteiger partial charge in [0.1, 0.15) is 5.75 Å². The standard InChI is InChI=1S/C15H19N3O/c1-2-8-19-10-6-7-14-12(9-10)15(18-16)11-4-3-5-13(11)17-14/h6-7,9H,2-5,8,16H2,1H3,(H,17,18). The molecule has 100 valence electrons. The first-order valence-electron chi connectivity index (χ1n) is 6.88. The third-order valence-electron chi connectivity index (χ3n) is 3.60. The van der Waals surface area contributed by atoms with Crippen molar-refractivity contribution in [3.63, 3.8) is 0 Å². The molecule has 19 heavy (non-hydrogen) atoms. The van der Waals surface area contributed by atoms with Crippen LogP contribution >= 0.6 is 0 Å². The Hall–Kier alpha value is -1.81. The van der Waals surface area contributed by atoms with Crippen LogP contribution in [0.5, 0.6) is 5.75 Å². The summed E-state index contributed by atoms with van der Waals surface area (Å²) in [5.41, 5.74) is 7.30. The number of anilines is 1. The van der Waals surface area contributed by atoms with Gasteiger partial charge in [0.05, 0.1) is 17.8 Å². The maximum Gasteiger partial charge on any atom is 0.120 e. The van der Waals surface area contributed by atoms with Gasteiger partial charge in [0, 0.05) is 11.1 Å². The van der Waals surface area contributed by atoms with E-state index in [0.29, 0.717) is 0 Å². The number of ether oxygens (including phenoxy) is 1. The minimum absolute atomic E-state index is 0.731. The largest absolute Gasteiger partial charge is 0.494 e. The molecule has 0 spiro atoms. The fraction of sp³-hybridized carbons (Fsp3) is 0.400. The highest BCUT2D eigenvalue weighted by Crippen LogP contribution is 2.35. The van der Waals surface area contributed by atoms with Crippen molar-refractivity contribution in [2.45, 2.75) is 32.6 Å². The van der Waals surface area contributed by atoms with Gasteiger partial charge in [0.25, 0.3) is 0 Å². The van der Waals surface area contributed by atoms with Crippen molar-refractivity contribution in [1.29, 1.82) is 0 Å². The molecular formula is C15H19N3O. The van der Waals surface area contributed by atoms with E-state index in [0.717, 1.165) is 54.6 Å². The predicted octanol–water partition coefficient (Wildman–Crippen LogP) is 2.80. The zero-order valence-corrected chi connectivity index (χ0v) is 11.2. The molecule has 3 N–H and O–H groups in total. The van der Waals surface area contributed by atoms with Crippen LogP contribution in [0.15, 0.2) is 18.2 Å². The molecule has 0 fully saturated rings. The molecule has 0 unspecified atom stereocenters. The molecule has 0 bridgehead atoms. The van der Waals surface area contributed by atoms with Gasteiger partial charge in [-0.1, -0.05) is 6.92 Å². The number of aromatic nitrogens is 1. The third-order valence-corrected chi connectivity index (χ3v) is 3.60. The SMILES string of the molecule is CCCOc1ccc2nc3c(c(NN)c2c1)CCC3. The summed E-state index contributed by atoms with van der Waals surface area (Å²) in [6.45, 7) is 2.83. The van der Waals surface area contributed by atoms with E-state index in [9.17, 15) is 0 Å². The first kappa shape index (κ1) is 12.2. The van der Waals surface area contributed by atoms with Gasteiger partial charge in [-0.05, 0) is 49.4 Å². The molecule has 4 heteroatoms. The van der Waals surface area contributed by atoms with Crippen LogP contribution in [0.4, 0.5) is 5.69 Å². The number of rotatable bonds is 4. The number of nitrogen functional groups attached to an aromatic ring is 1. The average molecular weight is 257 g/mol. The Kier molecular flexibility index (Phi) is 3.25. The Bertz CT molecular complexity index is 610. The molecule has 2 aromatic rings. The van der Waals surface area contributed by atoms with E-state index in [1.807, 2.05) is 18.2 Å². The number of aryl methyl sites for hydroxylation is 1. The average Bonchev–Trinajstić information content (AvgIpc) is 2.90. The second kappa shape index (κ2) is 5.05. The van der Waals surface area contributed by atoms with Crippen LogP contribution in [-0.2, 0) is 12.8 Å². The predicted molar refractivity (Wildman–Crippen MR) is 77.4 cm³/mol. The number of hydrazine groups is 1. The fourth-order valence-corrected chi connectivity index (χ4v) is 2.72. The Labute approximate surface area is 112 Å². The molecule has 0 aliphatic heterocycles. The lowest BCUT2D eigenvalue weighted by atomic mass is 10.1. The number of benzene rings is 1. The normalized spacial score (nSPS) is 13.6. The molecule has 0 amide bonds. The molecule has 4 nitrogen and oxygen atoms in total. The molecule has 0 saturated carbocycles. The quantitative estimate of drug-likeness (QED) is 0.653. The van der Waals surface area contributed by atoms with Crippen LogP contribution in [0.3, 0.4) is 0 Å². The van der Waals surface area contributed by atoms with Crippen molar-refractivity contribution >= 4 is 16.6 Å². The van der Waals surface area contributed by atoms with Crippen LogP contribution in [0.1, 0.15) is 31.0 Å². The lowest BCUT2D eigenvalue weighted by Crippen LogP contribution is -2.10. The topological polar surface area (TPSA) is 60.2 Å². The maximum absolute atomic E-state index is 5.72. The van der Waals surface area contributed by atoms with Gasteiger partial charge in [-0.25, -0.2) is 0 Å². The van der Waals surface area contributed by atoms with E-state index in [2.05, 4.69) is 12.3 Å². The summed E-state index contributed by atoms with van der Waals surface area (Å²) in [6.07, 6.45) is 4.26. The molecule has 1 aromatic carbocycles. The van der Waals surface area contributed by atoms with Crippen LogP contribution in [-0.4, -0.2) is 11.6 Å². The second-order valence-corrected chi connectivity index (χ2v) is 4.94. The van der Waals surface area contributed by atoms with E-state index in [-0.39, 0.29) is 0 Å². The summed E-state index contributed by atoms with van der Waals surface area (Å²) in [5, 5.41) is 1.05. The number of hydrogen-bond donors (Lipinski definition) is 2. The van der Waals surface area contributed by atoms with Crippen LogP contribution in [0, 0.1) is 0 Å². The first-order chi connectivity index (χ1) is 9.33. The number of nitrogens with zero attached hydrogens (tertiary/aromatic N) is 1. The van der Waals surface area contributed by atoms with Gasteiger partial charge in [-0.15, -0.1) is 0 Å². The lowest BCUT2D eigenvalue weighted by molar-refractivity contribution is 0.318. The number of hydrogen-bond acceptors (Lipinski definition) is 4. The highest BCUT2D eigenvalue weighted by atomic mass is 16.5. The van der Waals surface area contributed by atoms with Crippen molar-refractivity contribution in [2.24, 2.45) is 5.84 Å². The Morgan fingerprint density at radius 1 is 1.37 bits per heavy atom. The lowest BCUT2D eigenvalue weighted by Gasteiger charge is -2.13. The molecule has 1 aromatic heterocycles. The number of nitrogens with one attached hydrogen (secondary N) is 1. The minimum Gasteiger partial charge on any atom is -0.494 e. The molecule has 3 rings (SSSR count). The number of pyridine rings is 1. The van der Waals surface area contributed by atoms with E-state index in [4.69, 9.17) is 15.6 Å². The van der Waals surface area contributed by atoms with E-state index < -0.39 is 0 Å². The molecular weight excluding hydrogens is 238 g/mol.